The first-order valence-electron chi connectivity index (χ1n) is 5.43. The van der Waals surface area contributed by atoms with Crippen LogP contribution in [-0.2, 0) is 11.3 Å². The van der Waals surface area contributed by atoms with E-state index in [2.05, 4.69) is 4.98 Å². The molecule has 0 radical (unpaired) electrons. The van der Waals surface area contributed by atoms with Crippen LogP contribution in [0.3, 0.4) is 0 Å². The van der Waals surface area contributed by atoms with E-state index in [1.54, 1.807) is 18.1 Å². The quantitative estimate of drug-likeness (QED) is 0.922. The van der Waals surface area contributed by atoms with Crippen molar-refractivity contribution in [3.05, 3.63) is 30.1 Å². The Morgan fingerprint density at radius 2 is 2.00 bits per heavy atom. The van der Waals surface area contributed by atoms with Crippen molar-refractivity contribution in [2.75, 3.05) is 7.05 Å². The van der Waals surface area contributed by atoms with E-state index >= 15 is 0 Å². The highest BCUT2D eigenvalue weighted by Gasteiger charge is 2.21. The van der Waals surface area contributed by atoms with E-state index in [0.29, 0.717) is 6.54 Å². The maximum atomic E-state index is 11.9. The van der Waals surface area contributed by atoms with E-state index in [4.69, 9.17) is 5.73 Å². The Hall–Kier alpha value is -0.840. The van der Waals surface area contributed by atoms with E-state index in [9.17, 15) is 4.79 Å². The summed E-state index contributed by atoms with van der Waals surface area (Å²) < 4.78 is 0. The third kappa shape index (κ3) is 5.67. The lowest BCUT2D eigenvalue weighted by Gasteiger charge is -2.23. The molecule has 0 saturated carbocycles. The number of halogens is 2. The molecule has 1 heterocycles. The van der Waals surface area contributed by atoms with Crippen molar-refractivity contribution < 1.29 is 4.79 Å². The number of aromatic nitrogens is 1. The van der Waals surface area contributed by atoms with E-state index in [0.717, 1.165) is 5.69 Å². The number of nitrogens with two attached hydrogens (primary N) is 1. The minimum absolute atomic E-state index is 0. The summed E-state index contributed by atoms with van der Waals surface area (Å²) in [6, 6.07) is 5.22. The first kappa shape index (κ1) is 19.5. The standard InChI is InChI=1S/C12H19N3O.2ClH/c1-9(2)11(13)12(16)15(3)8-10-6-4-5-7-14-10;;/h4-7,9,11H,8,13H2,1-3H3;2*1H. The lowest BCUT2D eigenvalue weighted by molar-refractivity contribution is -0.132. The summed E-state index contributed by atoms with van der Waals surface area (Å²) in [5.41, 5.74) is 6.67. The number of amides is 1. The van der Waals surface area contributed by atoms with Gasteiger partial charge in [0.2, 0.25) is 5.91 Å². The third-order valence-corrected chi connectivity index (χ3v) is 2.50. The van der Waals surface area contributed by atoms with Gasteiger partial charge in [-0.05, 0) is 18.1 Å². The van der Waals surface area contributed by atoms with Crippen molar-refractivity contribution in [3.8, 4) is 0 Å². The minimum atomic E-state index is -0.436. The highest BCUT2D eigenvalue weighted by Crippen LogP contribution is 2.05. The van der Waals surface area contributed by atoms with E-state index < -0.39 is 6.04 Å². The summed E-state index contributed by atoms with van der Waals surface area (Å²) in [7, 11) is 1.75. The van der Waals surface area contributed by atoms with Gasteiger partial charge >= 0.3 is 0 Å². The van der Waals surface area contributed by atoms with E-state index in [1.807, 2.05) is 32.0 Å². The van der Waals surface area contributed by atoms with Gasteiger partial charge in [0.25, 0.3) is 0 Å². The van der Waals surface area contributed by atoms with Crippen LogP contribution in [-0.4, -0.2) is 28.9 Å². The molecule has 1 aromatic rings. The van der Waals surface area contributed by atoms with Crippen LogP contribution >= 0.6 is 24.8 Å². The molecule has 0 aliphatic heterocycles. The van der Waals surface area contributed by atoms with Gasteiger partial charge in [-0.25, -0.2) is 0 Å². The Morgan fingerprint density at radius 3 is 2.44 bits per heavy atom. The maximum absolute atomic E-state index is 11.9. The number of hydrogen-bond acceptors (Lipinski definition) is 3. The summed E-state index contributed by atoms with van der Waals surface area (Å²) in [4.78, 5) is 17.7. The van der Waals surface area contributed by atoms with Crippen LogP contribution in [0.5, 0.6) is 0 Å². The molecule has 1 rings (SSSR count). The van der Waals surface area contributed by atoms with Crippen molar-refractivity contribution >= 4 is 30.7 Å². The van der Waals surface area contributed by atoms with Crippen LogP contribution in [0.4, 0.5) is 0 Å². The molecule has 1 atom stereocenters. The molecule has 1 aromatic heterocycles. The zero-order valence-electron chi connectivity index (χ0n) is 10.9. The Balaban J connectivity index is 0. The van der Waals surface area contributed by atoms with Crippen molar-refractivity contribution in [2.24, 2.45) is 11.7 Å². The van der Waals surface area contributed by atoms with Gasteiger partial charge < -0.3 is 10.6 Å². The lowest BCUT2D eigenvalue weighted by atomic mass is 10.0. The molecule has 4 nitrogen and oxygen atoms in total. The van der Waals surface area contributed by atoms with Gasteiger partial charge in [0, 0.05) is 13.2 Å². The lowest BCUT2D eigenvalue weighted by Crippen LogP contribution is -2.44. The first-order valence-corrected chi connectivity index (χ1v) is 5.43. The molecule has 2 N–H and O–H groups in total. The predicted octanol–water partition coefficient (Wildman–Crippen LogP) is 1.87. The van der Waals surface area contributed by atoms with Gasteiger partial charge in [0.05, 0.1) is 18.3 Å². The molecule has 18 heavy (non-hydrogen) atoms. The Labute approximate surface area is 121 Å². The van der Waals surface area contributed by atoms with E-state index in [-0.39, 0.29) is 36.6 Å². The molecular weight excluding hydrogens is 273 g/mol. The number of carbonyl (C=O) groups is 1. The molecule has 1 amide bonds. The van der Waals surface area contributed by atoms with Crippen molar-refractivity contribution in [3.63, 3.8) is 0 Å². The molecule has 0 fully saturated rings. The summed E-state index contributed by atoms with van der Waals surface area (Å²) >= 11 is 0. The van der Waals surface area contributed by atoms with Crippen LogP contribution in [0.25, 0.3) is 0 Å². The minimum Gasteiger partial charge on any atom is -0.339 e. The van der Waals surface area contributed by atoms with Crippen molar-refractivity contribution in [1.29, 1.82) is 0 Å². The first-order chi connectivity index (χ1) is 7.52. The Morgan fingerprint density at radius 1 is 1.39 bits per heavy atom. The Kier molecular flexibility index (Phi) is 9.90. The maximum Gasteiger partial charge on any atom is 0.239 e. The second kappa shape index (κ2) is 9.14. The molecule has 6 heteroatoms. The number of rotatable bonds is 4. The normalized spacial score (nSPS) is 11.2. The topological polar surface area (TPSA) is 59.2 Å². The van der Waals surface area contributed by atoms with Crippen LogP contribution in [0.15, 0.2) is 24.4 Å². The summed E-state index contributed by atoms with van der Waals surface area (Å²) in [5.74, 6) is 0.110. The van der Waals surface area contributed by atoms with Gasteiger partial charge in [-0.3, -0.25) is 9.78 Å². The van der Waals surface area contributed by atoms with Gasteiger partial charge in [-0.2, -0.15) is 0 Å². The molecule has 0 aliphatic carbocycles. The average Bonchev–Trinajstić information content (AvgIpc) is 2.28. The van der Waals surface area contributed by atoms with Gasteiger partial charge in [0.1, 0.15) is 0 Å². The predicted molar refractivity (Wildman–Crippen MR) is 78.0 cm³/mol. The number of hydrogen-bond donors (Lipinski definition) is 1. The average molecular weight is 294 g/mol. The molecule has 0 spiro atoms. The monoisotopic (exact) mass is 293 g/mol. The SMILES string of the molecule is CC(C)C(N)C(=O)N(C)Cc1ccccn1.Cl.Cl. The summed E-state index contributed by atoms with van der Waals surface area (Å²) in [6.45, 7) is 4.38. The number of nitrogens with zero attached hydrogens (tertiary/aromatic N) is 2. The molecule has 1 unspecified atom stereocenters. The number of pyridine rings is 1. The van der Waals surface area contributed by atoms with Crippen molar-refractivity contribution in [2.45, 2.75) is 26.4 Å². The smallest absolute Gasteiger partial charge is 0.239 e. The molecule has 0 aliphatic rings. The molecular formula is C12H21Cl2N3O. The van der Waals surface area contributed by atoms with Gasteiger partial charge in [0.15, 0.2) is 0 Å². The molecule has 104 valence electrons. The van der Waals surface area contributed by atoms with Gasteiger partial charge in [-0.1, -0.05) is 19.9 Å². The van der Waals surface area contributed by atoms with Crippen molar-refractivity contribution in [1.82, 2.24) is 9.88 Å². The Bertz CT molecular complexity index is 346. The highest BCUT2D eigenvalue weighted by molar-refractivity contribution is 5.85. The van der Waals surface area contributed by atoms with Gasteiger partial charge in [-0.15, -0.1) is 24.8 Å². The fourth-order valence-corrected chi connectivity index (χ4v) is 1.35. The highest BCUT2D eigenvalue weighted by atomic mass is 35.5. The third-order valence-electron chi connectivity index (χ3n) is 2.50. The summed E-state index contributed by atoms with van der Waals surface area (Å²) in [6.07, 6.45) is 1.72. The number of likely N-dealkylation sites (N-methyl/N-ethyl adjacent to an activating group) is 1. The molecule has 0 saturated heterocycles. The zero-order chi connectivity index (χ0) is 12.1. The van der Waals surface area contributed by atoms with Crippen LogP contribution < -0.4 is 5.73 Å². The summed E-state index contributed by atoms with van der Waals surface area (Å²) in [5, 5.41) is 0. The second-order valence-corrected chi connectivity index (χ2v) is 4.29. The zero-order valence-corrected chi connectivity index (χ0v) is 12.5. The molecule has 0 aromatic carbocycles. The van der Waals surface area contributed by atoms with E-state index in [1.165, 1.54) is 0 Å². The number of carbonyl (C=O) groups excluding carboxylic acids is 1. The van der Waals surface area contributed by atoms with Crippen LogP contribution in [0.2, 0.25) is 0 Å². The fourth-order valence-electron chi connectivity index (χ4n) is 1.35. The second-order valence-electron chi connectivity index (χ2n) is 4.29. The van der Waals surface area contributed by atoms with Crippen LogP contribution in [0.1, 0.15) is 19.5 Å². The largest absolute Gasteiger partial charge is 0.339 e. The molecule has 0 bridgehead atoms. The van der Waals surface area contributed by atoms with Crippen LogP contribution in [0, 0.1) is 5.92 Å². The fraction of sp³-hybridized carbons (Fsp3) is 0.500.